The van der Waals surface area contributed by atoms with Crippen LogP contribution in [0.15, 0.2) is 4.60 Å². The van der Waals surface area contributed by atoms with Crippen molar-refractivity contribution in [3.05, 3.63) is 10.3 Å². The summed E-state index contributed by atoms with van der Waals surface area (Å²) in [4.78, 5) is 25.9. The summed E-state index contributed by atoms with van der Waals surface area (Å²) in [6.45, 7) is 8.89. The van der Waals surface area contributed by atoms with E-state index in [4.69, 9.17) is 4.74 Å². The van der Waals surface area contributed by atoms with Gasteiger partial charge in [0.1, 0.15) is 5.60 Å². The molecule has 128 valence electrons. The van der Waals surface area contributed by atoms with E-state index in [1.165, 1.54) is 0 Å². The maximum atomic E-state index is 12.2. The highest BCUT2D eigenvalue weighted by Crippen LogP contribution is 2.15. The predicted molar refractivity (Wildman–Crippen MR) is 85.5 cm³/mol. The second-order valence-electron chi connectivity index (χ2n) is 6.37. The highest BCUT2D eigenvalue weighted by molar-refractivity contribution is 9.10. The normalized spacial score (nSPS) is 19.5. The summed E-state index contributed by atoms with van der Waals surface area (Å²) in [5.74, 6) is -0.358. The van der Waals surface area contributed by atoms with E-state index in [1.807, 2.05) is 27.7 Å². The average molecular weight is 389 g/mol. The molecule has 0 saturated carbocycles. The third-order valence-electron chi connectivity index (χ3n) is 3.24. The monoisotopic (exact) mass is 388 g/mol. The van der Waals surface area contributed by atoms with Crippen LogP contribution in [-0.4, -0.2) is 68.6 Å². The number of aromatic nitrogens is 3. The van der Waals surface area contributed by atoms with E-state index in [0.717, 1.165) is 0 Å². The van der Waals surface area contributed by atoms with Crippen molar-refractivity contribution in [2.45, 2.75) is 39.3 Å². The van der Waals surface area contributed by atoms with E-state index in [1.54, 1.807) is 9.91 Å². The van der Waals surface area contributed by atoms with Crippen LogP contribution in [0.5, 0.6) is 0 Å². The SMILES string of the molecule is CC1CN(NC(=O)c2n[nH]nc2Br)CCN1C(=O)OC(C)(C)C. The van der Waals surface area contributed by atoms with Crippen molar-refractivity contribution in [3.63, 3.8) is 0 Å². The Morgan fingerprint density at radius 3 is 2.57 bits per heavy atom. The Labute approximate surface area is 142 Å². The number of hydrazine groups is 1. The summed E-state index contributed by atoms with van der Waals surface area (Å²) < 4.78 is 5.75. The Hall–Kier alpha value is -1.68. The fourth-order valence-corrected chi connectivity index (χ4v) is 2.56. The molecule has 1 aliphatic rings. The first kappa shape index (κ1) is 17.7. The van der Waals surface area contributed by atoms with Crippen molar-refractivity contribution < 1.29 is 14.3 Å². The number of aromatic amines is 1. The molecule has 23 heavy (non-hydrogen) atoms. The number of hydrogen-bond donors (Lipinski definition) is 2. The van der Waals surface area contributed by atoms with Gasteiger partial charge in [-0.2, -0.15) is 5.21 Å². The fraction of sp³-hybridized carbons (Fsp3) is 0.692. The Bertz CT molecular complexity index is 585. The molecule has 1 atom stereocenters. The average Bonchev–Trinajstić information content (AvgIpc) is 2.83. The van der Waals surface area contributed by atoms with E-state index < -0.39 is 5.60 Å². The number of piperazine rings is 1. The van der Waals surface area contributed by atoms with E-state index in [0.29, 0.717) is 24.2 Å². The minimum absolute atomic E-state index is 0.0837. The molecular formula is C13H21BrN6O3. The van der Waals surface area contributed by atoms with Crippen LogP contribution in [-0.2, 0) is 4.74 Å². The van der Waals surface area contributed by atoms with Crippen molar-refractivity contribution in [2.75, 3.05) is 19.6 Å². The molecule has 1 unspecified atom stereocenters. The first-order valence-electron chi connectivity index (χ1n) is 7.29. The third-order valence-corrected chi connectivity index (χ3v) is 3.79. The summed E-state index contributed by atoms with van der Waals surface area (Å²) in [7, 11) is 0. The standard InChI is InChI=1S/C13H21BrN6O3/c1-8-7-19(17-11(21)9-10(14)16-18-15-9)5-6-20(8)12(22)23-13(2,3)4/h8H,5-7H2,1-4H3,(H,17,21)(H,15,16,18). The van der Waals surface area contributed by atoms with Crippen LogP contribution < -0.4 is 5.43 Å². The summed E-state index contributed by atoms with van der Waals surface area (Å²) in [6.07, 6.45) is -0.338. The number of halogens is 1. The maximum Gasteiger partial charge on any atom is 0.410 e. The third kappa shape index (κ3) is 4.64. The van der Waals surface area contributed by atoms with Crippen LogP contribution in [0.25, 0.3) is 0 Å². The largest absolute Gasteiger partial charge is 0.444 e. The molecule has 0 aromatic carbocycles. The molecule has 1 aliphatic heterocycles. The first-order chi connectivity index (χ1) is 10.7. The molecule has 0 spiro atoms. The molecule has 1 aromatic rings. The molecule has 1 saturated heterocycles. The van der Waals surface area contributed by atoms with Crippen LogP contribution in [0, 0.1) is 0 Å². The molecule has 2 rings (SSSR count). The minimum Gasteiger partial charge on any atom is -0.444 e. The molecule has 9 nitrogen and oxygen atoms in total. The Balaban J connectivity index is 1.90. The van der Waals surface area contributed by atoms with Crippen molar-refractivity contribution in [1.29, 1.82) is 0 Å². The van der Waals surface area contributed by atoms with Crippen LogP contribution in [0.3, 0.4) is 0 Å². The first-order valence-corrected chi connectivity index (χ1v) is 8.08. The lowest BCUT2D eigenvalue weighted by molar-refractivity contribution is -0.00486. The van der Waals surface area contributed by atoms with Gasteiger partial charge in [0.2, 0.25) is 0 Å². The lowest BCUT2D eigenvalue weighted by Crippen LogP contribution is -2.59. The van der Waals surface area contributed by atoms with Gasteiger partial charge >= 0.3 is 6.09 Å². The summed E-state index contributed by atoms with van der Waals surface area (Å²) >= 11 is 3.15. The Morgan fingerprint density at radius 2 is 2.04 bits per heavy atom. The van der Waals surface area contributed by atoms with E-state index in [9.17, 15) is 9.59 Å². The van der Waals surface area contributed by atoms with Crippen molar-refractivity contribution >= 4 is 27.9 Å². The number of carbonyl (C=O) groups excluding carboxylic acids is 2. The van der Waals surface area contributed by atoms with Crippen LogP contribution in [0.2, 0.25) is 0 Å². The number of nitrogens with one attached hydrogen (secondary N) is 2. The van der Waals surface area contributed by atoms with E-state index in [-0.39, 0.29) is 23.7 Å². The highest BCUT2D eigenvalue weighted by atomic mass is 79.9. The molecule has 2 amide bonds. The summed E-state index contributed by atoms with van der Waals surface area (Å²) in [5.41, 5.74) is 2.42. The van der Waals surface area contributed by atoms with Gasteiger partial charge in [0, 0.05) is 25.7 Å². The summed E-state index contributed by atoms with van der Waals surface area (Å²) in [5, 5.41) is 11.7. The zero-order valence-electron chi connectivity index (χ0n) is 13.6. The van der Waals surface area contributed by atoms with E-state index >= 15 is 0 Å². The predicted octanol–water partition coefficient (Wildman–Crippen LogP) is 1.15. The number of H-pyrrole nitrogens is 1. The van der Waals surface area contributed by atoms with Crippen molar-refractivity contribution in [1.82, 2.24) is 30.7 Å². The number of hydrogen-bond acceptors (Lipinski definition) is 6. The van der Waals surface area contributed by atoms with Crippen LogP contribution in [0.1, 0.15) is 38.2 Å². The van der Waals surface area contributed by atoms with Gasteiger partial charge in [-0.05, 0) is 43.6 Å². The van der Waals surface area contributed by atoms with Crippen LogP contribution in [0.4, 0.5) is 4.79 Å². The van der Waals surface area contributed by atoms with Gasteiger partial charge < -0.3 is 9.64 Å². The van der Waals surface area contributed by atoms with Gasteiger partial charge in [0.25, 0.3) is 5.91 Å². The molecule has 10 heteroatoms. The number of carbonyl (C=O) groups is 2. The second-order valence-corrected chi connectivity index (χ2v) is 7.12. The number of nitrogens with zero attached hydrogens (tertiary/aromatic N) is 4. The number of amides is 2. The van der Waals surface area contributed by atoms with Crippen molar-refractivity contribution in [2.24, 2.45) is 0 Å². The Morgan fingerprint density at radius 1 is 1.35 bits per heavy atom. The minimum atomic E-state index is -0.526. The number of rotatable bonds is 2. The van der Waals surface area contributed by atoms with Gasteiger partial charge in [-0.3, -0.25) is 10.2 Å². The smallest absolute Gasteiger partial charge is 0.410 e. The number of ether oxygens (including phenoxy) is 1. The fourth-order valence-electron chi connectivity index (χ4n) is 2.21. The molecule has 1 aromatic heterocycles. The van der Waals surface area contributed by atoms with Crippen LogP contribution >= 0.6 is 15.9 Å². The molecular weight excluding hydrogens is 368 g/mol. The quantitative estimate of drug-likeness (QED) is 0.787. The molecule has 2 N–H and O–H groups in total. The topological polar surface area (TPSA) is 103 Å². The van der Waals surface area contributed by atoms with Crippen molar-refractivity contribution in [3.8, 4) is 0 Å². The van der Waals surface area contributed by atoms with E-state index in [2.05, 4.69) is 36.8 Å². The van der Waals surface area contributed by atoms with Gasteiger partial charge in [0.15, 0.2) is 10.3 Å². The lowest BCUT2D eigenvalue weighted by Gasteiger charge is -2.39. The molecule has 1 fully saturated rings. The Kier molecular flexibility index (Phi) is 5.25. The summed E-state index contributed by atoms with van der Waals surface area (Å²) in [6, 6.07) is -0.0837. The molecule has 2 heterocycles. The van der Waals surface area contributed by atoms with Gasteiger partial charge in [-0.25, -0.2) is 9.80 Å². The molecule has 0 aliphatic carbocycles. The second kappa shape index (κ2) is 6.83. The molecule has 0 radical (unpaired) electrons. The van der Waals surface area contributed by atoms with Gasteiger partial charge in [-0.15, -0.1) is 10.2 Å². The maximum absolute atomic E-state index is 12.2. The van der Waals surface area contributed by atoms with Gasteiger partial charge in [-0.1, -0.05) is 0 Å². The zero-order valence-corrected chi connectivity index (χ0v) is 15.2. The lowest BCUT2D eigenvalue weighted by atomic mass is 10.2. The highest BCUT2D eigenvalue weighted by Gasteiger charge is 2.31. The van der Waals surface area contributed by atoms with Gasteiger partial charge in [0.05, 0.1) is 0 Å². The zero-order chi connectivity index (χ0) is 17.2. The molecule has 0 bridgehead atoms.